The number of para-hydroxylation sites is 1. The van der Waals surface area contributed by atoms with Gasteiger partial charge in [-0.2, -0.15) is 13.2 Å². The number of carbonyl (C=O) groups excluding carboxylic acids is 1. The first-order chi connectivity index (χ1) is 12.5. The van der Waals surface area contributed by atoms with E-state index >= 15 is 0 Å². The fraction of sp³-hybridized carbons (Fsp3) is 0.250. The topological polar surface area (TPSA) is 62.5 Å². The predicted molar refractivity (Wildman–Crippen MR) is 95.6 cm³/mol. The van der Waals surface area contributed by atoms with Gasteiger partial charge in [-0.05, 0) is 39.0 Å². The van der Waals surface area contributed by atoms with Crippen molar-refractivity contribution in [2.45, 2.75) is 32.5 Å². The number of fused-ring (bicyclic) bond motifs is 1. The number of halogens is 3. The summed E-state index contributed by atoms with van der Waals surface area (Å²) in [5.41, 5.74) is -1.58. The van der Waals surface area contributed by atoms with Gasteiger partial charge in [-0.3, -0.25) is 4.79 Å². The van der Waals surface area contributed by atoms with E-state index in [4.69, 9.17) is 4.42 Å². The molecule has 0 fully saturated rings. The number of nitrogens with one attached hydrogen (secondary N) is 1. The second kappa shape index (κ2) is 6.42. The number of carbonyl (C=O) groups is 1. The standard InChI is InChI=1S/C20H18F3NO3/c1-11-16(19(2,3)26)13-8-6-10-15(17(13)27-11)24-18(25)12-7-4-5-9-14(12)20(21,22)23/h4-10,26H,1-3H3,(H,24,25). The van der Waals surface area contributed by atoms with Gasteiger partial charge < -0.3 is 14.8 Å². The monoisotopic (exact) mass is 377 g/mol. The lowest BCUT2D eigenvalue weighted by Crippen LogP contribution is -2.18. The van der Waals surface area contributed by atoms with Crippen molar-refractivity contribution in [1.29, 1.82) is 0 Å². The van der Waals surface area contributed by atoms with Gasteiger partial charge in [0.15, 0.2) is 5.58 Å². The third-order valence-electron chi connectivity index (χ3n) is 4.23. The van der Waals surface area contributed by atoms with Crippen molar-refractivity contribution in [3.8, 4) is 0 Å². The lowest BCUT2D eigenvalue weighted by Gasteiger charge is -2.17. The summed E-state index contributed by atoms with van der Waals surface area (Å²) in [6, 6.07) is 9.47. The van der Waals surface area contributed by atoms with Crippen molar-refractivity contribution in [2.75, 3.05) is 5.32 Å². The van der Waals surface area contributed by atoms with E-state index in [1.54, 1.807) is 32.9 Å². The quantitative estimate of drug-likeness (QED) is 0.656. The zero-order chi connectivity index (χ0) is 20.0. The van der Waals surface area contributed by atoms with Crippen molar-refractivity contribution in [3.05, 3.63) is 64.9 Å². The van der Waals surface area contributed by atoms with Crippen LogP contribution in [0.25, 0.3) is 11.0 Å². The molecule has 2 aromatic carbocycles. The van der Waals surface area contributed by atoms with Crippen molar-refractivity contribution in [1.82, 2.24) is 0 Å². The zero-order valence-electron chi connectivity index (χ0n) is 14.9. The predicted octanol–water partition coefficient (Wildman–Crippen LogP) is 5.24. The Bertz CT molecular complexity index is 1010. The number of benzene rings is 2. The summed E-state index contributed by atoms with van der Waals surface area (Å²) in [5.74, 6) is -0.427. The van der Waals surface area contributed by atoms with Gasteiger partial charge in [0, 0.05) is 10.9 Å². The Kier molecular flexibility index (Phi) is 4.51. The number of alkyl halides is 3. The van der Waals surface area contributed by atoms with E-state index in [0.717, 1.165) is 12.1 Å². The summed E-state index contributed by atoms with van der Waals surface area (Å²) >= 11 is 0. The number of furan rings is 1. The second-order valence-corrected chi connectivity index (χ2v) is 6.77. The summed E-state index contributed by atoms with van der Waals surface area (Å²) in [6.45, 7) is 4.89. The van der Waals surface area contributed by atoms with Gasteiger partial charge >= 0.3 is 6.18 Å². The molecule has 3 rings (SSSR count). The summed E-state index contributed by atoms with van der Waals surface area (Å²) in [7, 11) is 0. The average Bonchev–Trinajstić information content (AvgIpc) is 2.91. The van der Waals surface area contributed by atoms with Crippen molar-refractivity contribution in [3.63, 3.8) is 0 Å². The summed E-state index contributed by atoms with van der Waals surface area (Å²) in [4.78, 5) is 12.5. The lowest BCUT2D eigenvalue weighted by atomic mass is 9.95. The van der Waals surface area contributed by atoms with Crippen LogP contribution in [0.1, 0.15) is 41.1 Å². The molecular formula is C20H18F3NO3. The first-order valence-corrected chi connectivity index (χ1v) is 8.22. The van der Waals surface area contributed by atoms with Gasteiger partial charge in [0.25, 0.3) is 5.91 Å². The van der Waals surface area contributed by atoms with Gasteiger partial charge in [-0.1, -0.05) is 24.3 Å². The Hall–Kier alpha value is -2.80. The van der Waals surface area contributed by atoms with Crippen LogP contribution in [0.15, 0.2) is 46.9 Å². The Morgan fingerprint density at radius 1 is 1.07 bits per heavy atom. The highest BCUT2D eigenvalue weighted by molar-refractivity contribution is 6.09. The maximum Gasteiger partial charge on any atom is 0.417 e. The molecule has 0 aliphatic carbocycles. The molecule has 0 bridgehead atoms. The molecule has 0 spiro atoms. The summed E-state index contributed by atoms with van der Waals surface area (Å²) < 4.78 is 45.2. The van der Waals surface area contributed by atoms with E-state index in [1.807, 2.05) is 0 Å². The van der Waals surface area contributed by atoms with Crippen LogP contribution in [0.4, 0.5) is 18.9 Å². The minimum atomic E-state index is -4.64. The van der Waals surface area contributed by atoms with Crippen LogP contribution in [0, 0.1) is 6.92 Å². The zero-order valence-corrected chi connectivity index (χ0v) is 14.9. The molecule has 142 valence electrons. The van der Waals surface area contributed by atoms with Crippen LogP contribution < -0.4 is 5.32 Å². The summed E-state index contributed by atoms with van der Waals surface area (Å²) in [5, 5.41) is 13.4. The van der Waals surface area contributed by atoms with E-state index < -0.39 is 28.8 Å². The first-order valence-electron chi connectivity index (χ1n) is 8.22. The van der Waals surface area contributed by atoms with Crippen LogP contribution in [0.5, 0.6) is 0 Å². The molecule has 2 N–H and O–H groups in total. The second-order valence-electron chi connectivity index (χ2n) is 6.77. The minimum Gasteiger partial charge on any atom is -0.459 e. The number of hydrogen-bond acceptors (Lipinski definition) is 3. The van der Waals surface area contributed by atoms with Gasteiger partial charge in [0.05, 0.1) is 22.4 Å². The SMILES string of the molecule is Cc1oc2c(NC(=O)c3ccccc3C(F)(F)F)cccc2c1C(C)(C)O. The molecule has 27 heavy (non-hydrogen) atoms. The lowest BCUT2D eigenvalue weighted by molar-refractivity contribution is -0.137. The molecule has 4 nitrogen and oxygen atoms in total. The van der Waals surface area contributed by atoms with Gasteiger partial charge in [0.2, 0.25) is 0 Å². The number of amides is 1. The normalized spacial score (nSPS) is 12.4. The average molecular weight is 377 g/mol. The van der Waals surface area contributed by atoms with Gasteiger partial charge in [0.1, 0.15) is 5.76 Å². The largest absolute Gasteiger partial charge is 0.459 e. The van der Waals surface area contributed by atoms with Gasteiger partial charge in [-0.25, -0.2) is 0 Å². The molecule has 0 aliphatic rings. The molecule has 7 heteroatoms. The van der Waals surface area contributed by atoms with Crippen LogP contribution >= 0.6 is 0 Å². The Morgan fingerprint density at radius 2 is 1.74 bits per heavy atom. The highest BCUT2D eigenvalue weighted by Gasteiger charge is 2.35. The molecule has 0 radical (unpaired) electrons. The van der Waals surface area contributed by atoms with E-state index in [1.165, 1.54) is 18.2 Å². The van der Waals surface area contributed by atoms with Crippen molar-refractivity contribution >= 4 is 22.6 Å². The number of aliphatic hydroxyl groups is 1. The number of rotatable bonds is 3. The first kappa shape index (κ1) is 19.0. The molecule has 1 amide bonds. The van der Waals surface area contributed by atoms with Crippen LogP contribution in [0.3, 0.4) is 0 Å². The maximum atomic E-state index is 13.2. The van der Waals surface area contributed by atoms with Gasteiger partial charge in [-0.15, -0.1) is 0 Å². The Balaban J connectivity index is 2.05. The van der Waals surface area contributed by atoms with Crippen molar-refractivity contribution in [2.24, 2.45) is 0 Å². The molecule has 3 aromatic rings. The molecule has 1 aromatic heterocycles. The molecule has 0 unspecified atom stereocenters. The van der Waals surface area contributed by atoms with E-state index in [2.05, 4.69) is 5.32 Å². The molecule has 0 saturated heterocycles. The smallest absolute Gasteiger partial charge is 0.417 e. The minimum absolute atomic E-state index is 0.230. The van der Waals surface area contributed by atoms with Crippen LogP contribution in [-0.2, 0) is 11.8 Å². The van der Waals surface area contributed by atoms with Crippen LogP contribution in [-0.4, -0.2) is 11.0 Å². The third-order valence-corrected chi connectivity index (χ3v) is 4.23. The van der Waals surface area contributed by atoms with Crippen LogP contribution in [0.2, 0.25) is 0 Å². The molecule has 0 saturated carbocycles. The highest BCUT2D eigenvalue weighted by atomic mass is 19.4. The number of anilines is 1. The third kappa shape index (κ3) is 3.55. The maximum absolute atomic E-state index is 13.2. The fourth-order valence-corrected chi connectivity index (χ4v) is 3.21. The Labute approximate surface area is 153 Å². The Morgan fingerprint density at radius 3 is 2.37 bits per heavy atom. The molecule has 1 heterocycles. The van der Waals surface area contributed by atoms with Crippen molar-refractivity contribution < 1.29 is 27.5 Å². The summed E-state index contributed by atoms with van der Waals surface area (Å²) in [6.07, 6.45) is -4.64. The van der Waals surface area contributed by atoms with E-state index in [9.17, 15) is 23.1 Å². The van der Waals surface area contributed by atoms with E-state index in [-0.39, 0.29) is 5.69 Å². The number of hydrogen-bond donors (Lipinski definition) is 2. The molecular weight excluding hydrogens is 359 g/mol. The number of aryl methyl sites for hydroxylation is 1. The fourth-order valence-electron chi connectivity index (χ4n) is 3.21. The molecule has 0 aliphatic heterocycles. The van der Waals surface area contributed by atoms with E-state index in [0.29, 0.717) is 22.3 Å². The molecule has 0 atom stereocenters. The highest BCUT2D eigenvalue weighted by Crippen LogP contribution is 2.37.